The zero-order chi connectivity index (χ0) is 19.8. The van der Waals surface area contributed by atoms with Crippen molar-refractivity contribution in [2.75, 3.05) is 0 Å². The van der Waals surface area contributed by atoms with E-state index in [2.05, 4.69) is 32.3 Å². The summed E-state index contributed by atoms with van der Waals surface area (Å²) in [6, 6.07) is 11.1. The van der Waals surface area contributed by atoms with Crippen LogP contribution in [0.4, 0.5) is 13.2 Å². The Bertz CT molecular complexity index is 1050. The average molecular weight is 488 g/mol. The van der Waals surface area contributed by atoms with Crippen molar-refractivity contribution in [3.63, 3.8) is 0 Å². The Hall–Kier alpha value is -2.10. The highest BCUT2D eigenvalue weighted by Gasteiger charge is 2.31. The molecule has 0 saturated carbocycles. The third-order valence-electron chi connectivity index (χ3n) is 4.04. The maximum Gasteiger partial charge on any atom is 0.573 e. The van der Waals surface area contributed by atoms with Gasteiger partial charge in [0.15, 0.2) is 0 Å². The summed E-state index contributed by atoms with van der Waals surface area (Å²) in [4.78, 5) is 17.1. The van der Waals surface area contributed by atoms with Gasteiger partial charge in [-0.15, -0.1) is 13.2 Å². The summed E-state index contributed by atoms with van der Waals surface area (Å²) in [7, 11) is 0. The molecule has 3 rings (SSSR count). The largest absolute Gasteiger partial charge is 0.573 e. The highest BCUT2D eigenvalue weighted by Crippen LogP contribution is 2.29. The molecule has 0 radical (unpaired) electrons. The fourth-order valence-electron chi connectivity index (χ4n) is 2.81. The second kappa shape index (κ2) is 7.49. The fourth-order valence-corrected chi connectivity index (χ4v) is 3.48. The number of hydrogen-bond donors (Lipinski definition) is 0. The molecule has 0 N–H and O–H groups in total. The number of alkyl halides is 4. The van der Waals surface area contributed by atoms with Crippen LogP contribution in [0.15, 0.2) is 47.3 Å². The molecule has 0 aliphatic heterocycles. The van der Waals surface area contributed by atoms with E-state index in [1.54, 1.807) is 28.8 Å². The van der Waals surface area contributed by atoms with Crippen LogP contribution in [0.5, 0.6) is 5.75 Å². The van der Waals surface area contributed by atoms with Gasteiger partial charge in [0.1, 0.15) is 11.4 Å². The third-order valence-corrected chi connectivity index (χ3v) is 4.72. The minimum absolute atomic E-state index is 0.00743. The first-order valence-corrected chi connectivity index (χ1v) is 9.69. The summed E-state index contributed by atoms with van der Waals surface area (Å²) in [6.45, 7) is 3.82. The molecule has 0 aliphatic carbocycles. The lowest BCUT2D eigenvalue weighted by Crippen LogP contribution is -2.25. The molecule has 0 bridgehead atoms. The van der Waals surface area contributed by atoms with Crippen molar-refractivity contribution >= 4 is 33.6 Å². The highest BCUT2D eigenvalue weighted by molar-refractivity contribution is 14.1. The molecule has 142 valence electrons. The van der Waals surface area contributed by atoms with Crippen molar-refractivity contribution < 1.29 is 17.9 Å². The Morgan fingerprint density at radius 2 is 1.85 bits per heavy atom. The van der Waals surface area contributed by atoms with Gasteiger partial charge < -0.3 is 4.74 Å². The van der Waals surface area contributed by atoms with Crippen LogP contribution in [-0.2, 0) is 4.55 Å². The number of halogens is 4. The van der Waals surface area contributed by atoms with E-state index in [0.29, 0.717) is 32.4 Å². The molecule has 3 aromatic rings. The Labute approximate surface area is 167 Å². The fraction of sp³-hybridized carbons (Fsp3) is 0.263. The molecule has 0 aliphatic rings. The van der Waals surface area contributed by atoms with Gasteiger partial charge >= 0.3 is 6.36 Å². The smallest absolute Gasteiger partial charge is 0.406 e. The minimum Gasteiger partial charge on any atom is -0.406 e. The summed E-state index contributed by atoms with van der Waals surface area (Å²) in [6.07, 6.45) is -4.75. The summed E-state index contributed by atoms with van der Waals surface area (Å²) in [5.41, 5.74) is 2.87. The van der Waals surface area contributed by atoms with E-state index < -0.39 is 6.36 Å². The standard InChI is InChI=1S/C19H16F3IN2O2/c1-11(2)17-18(26)25(10-23)16-9-13(6-7-15(16)24-17)12-4-3-5-14(8-12)27-19(20,21)22/h3-9,11H,10H2,1-2H3. The average Bonchev–Trinajstić information content (AvgIpc) is 2.59. The van der Waals surface area contributed by atoms with Crippen molar-refractivity contribution in [2.24, 2.45) is 0 Å². The number of rotatable bonds is 4. The monoisotopic (exact) mass is 488 g/mol. The van der Waals surface area contributed by atoms with Crippen molar-refractivity contribution in [1.82, 2.24) is 9.55 Å². The van der Waals surface area contributed by atoms with E-state index in [9.17, 15) is 18.0 Å². The van der Waals surface area contributed by atoms with E-state index in [1.165, 1.54) is 18.2 Å². The van der Waals surface area contributed by atoms with Crippen LogP contribution in [0, 0.1) is 0 Å². The predicted molar refractivity (Wildman–Crippen MR) is 106 cm³/mol. The highest BCUT2D eigenvalue weighted by atomic mass is 127. The molecule has 1 aromatic heterocycles. The van der Waals surface area contributed by atoms with Crippen molar-refractivity contribution in [2.45, 2.75) is 30.7 Å². The van der Waals surface area contributed by atoms with Crippen molar-refractivity contribution in [1.29, 1.82) is 0 Å². The first-order valence-electron chi connectivity index (χ1n) is 8.16. The van der Waals surface area contributed by atoms with Crippen LogP contribution in [-0.4, -0.2) is 15.9 Å². The van der Waals surface area contributed by atoms with Crippen LogP contribution in [0.2, 0.25) is 0 Å². The number of ether oxygens (including phenoxy) is 1. The summed E-state index contributed by atoms with van der Waals surface area (Å²) >= 11 is 2.10. The van der Waals surface area contributed by atoms with E-state index in [-0.39, 0.29) is 17.2 Å². The minimum atomic E-state index is -4.75. The van der Waals surface area contributed by atoms with Crippen LogP contribution in [0.3, 0.4) is 0 Å². The molecule has 0 atom stereocenters. The molecule has 0 unspecified atom stereocenters. The van der Waals surface area contributed by atoms with Crippen molar-refractivity contribution in [3.8, 4) is 16.9 Å². The number of aromatic nitrogens is 2. The van der Waals surface area contributed by atoms with Crippen LogP contribution < -0.4 is 10.3 Å². The lowest BCUT2D eigenvalue weighted by Gasteiger charge is -2.13. The molecular formula is C19H16F3IN2O2. The molecule has 0 spiro atoms. The van der Waals surface area contributed by atoms with Gasteiger partial charge in [-0.25, -0.2) is 4.98 Å². The molecule has 4 nitrogen and oxygen atoms in total. The molecule has 1 heterocycles. The van der Waals surface area contributed by atoms with Crippen molar-refractivity contribution in [3.05, 3.63) is 58.5 Å². The predicted octanol–water partition coefficient (Wildman–Crippen LogP) is 5.48. The maximum atomic E-state index is 12.7. The van der Waals surface area contributed by atoms with Gasteiger partial charge in [-0.1, -0.05) is 54.6 Å². The second-order valence-electron chi connectivity index (χ2n) is 6.28. The number of nitrogens with zero attached hydrogens (tertiary/aromatic N) is 2. The molecule has 8 heteroatoms. The topological polar surface area (TPSA) is 44.1 Å². The van der Waals surface area contributed by atoms with E-state index >= 15 is 0 Å². The molecule has 2 aromatic carbocycles. The normalized spacial score (nSPS) is 12.0. The Balaban J connectivity index is 2.14. The van der Waals surface area contributed by atoms with Gasteiger partial charge in [-0.3, -0.25) is 9.36 Å². The van der Waals surface area contributed by atoms with E-state index in [0.717, 1.165) is 0 Å². The zero-order valence-electron chi connectivity index (χ0n) is 14.5. The SMILES string of the molecule is CC(C)c1nc2ccc(-c3cccc(OC(F)(F)F)c3)cc2n(CI)c1=O. The molecule has 0 fully saturated rings. The molecular weight excluding hydrogens is 472 g/mol. The van der Waals surface area contributed by atoms with Crippen LogP contribution >= 0.6 is 22.6 Å². The Morgan fingerprint density at radius 1 is 1.15 bits per heavy atom. The number of hydrogen-bond acceptors (Lipinski definition) is 3. The first kappa shape index (κ1) is 19.7. The van der Waals surface area contributed by atoms with Gasteiger partial charge in [-0.2, -0.15) is 0 Å². The quantitative estimate of drug-likeness (QED) is 0.361. The summed E-state index contributed by atoms with van der Waals surface area (Å²) in [5.74, 6) is -0.299. The lowest BCUT2D eigenvalue weighted by molar-refractivity contribution is -0.274. The molecule has 27 heavy (non-hydrogen) atoms. The van der Waals surface area contributed by atoms with E-state index in [1.807, 2.05) is 13.8 Å². The van der Waals surface area contributed by atoms with Gasteiger partial charge in [0, 0.05) is 5.92 Å². The number of fused-ring (bicyclic) bond motifs is 1. The first-order chi connectivity index (χ1) is 12.7. The van der Waals surface area contributed by atoms with Gasteiger partial charge in [0.05, 0.1) is 15.6 Å². The molecule has 0 saturated heterocycles. The van der Waals surface area contributed by atoms with E-state index in [4.69, 9.17) is 0 Å². The lowest BCUT2D eigenvalue weighted by atomic mass is 10.0. The second-order valence-corrected chi connectivity index (χ2v) is 6.97. The summed E-state index contributed by atoms with van der Waals surface area (Å²) < 4.78 is 43.4. The zero-order valence-corrected chi connectivity index (χ0v) is 16.7. The van der Waals surface area contributed by atoms with Crippen LogP contribution in [0.1, 0.15) is 25.5 Å². The summed E-state index contributed by atoms with van der Waals surface area (Å²) in [5, 5.41) is 0. The van der Waals surface area contributed by atoms with Gasteiger partial charge in [-0.05, 0) is 35.4 Å². The Kier molecular flexibility index (Phi) is 5.45. The number of benzene rings is 2. The molecule has 0 amide bonds. The van der Waals surface area contributed by atoms with Gasteiger partial charge in [0.2, 0.25) is 0 Å². The van der Waals surface area contributed by atoms with Crippen LogP contribution in [0.25, 0.3) is 22.2 Å². The van der Waals surface area contributed by atoms with Gasteiger partial charge in [0.25, 0.3) is 5.56 Å². The third kappa shape index (κ3) is 4.26. The maximum absolute atomic E-state index is 12.7. The Morgan fingerprint density at radius 3 is 2.48 bits per heavy atom.